The van der Waals surface area contributed by atoms with Crippen molar-refractivity contribution in [3.05, 3.63) is 29.8 Å². The van der Waals surface area contributed by atoms with Gasteiger partial charge in [-0.25, -0.2) is 4.79 Å². The van der Waals surface area contributed by atoms with Crippen LogP contribution in [0.2, 0.25) is 0 Å². The van der Waals surface area contributed by atoms with Crippen molar-refractivity contribution in [3.63, 3.8) is 0 Å². The van der Waals surface area contributed by atoms with Crippen LogP contribution >= 0.6 is 0 Å². The largest absolute Gasteiger partial charge is 0.508 e. The van der Waals surface area contributed by atoms with Crippen LogP contribution < -0.4 is 5.32 Å². The van der Waals surface area contributed by atoms with Crippen LogP contribution in [0.15, 0.2) is 24.3 Å². The number of hydrogen-bond acceptors (Lipinski definition) is 5. The quantitative estimate of drug-likeness (QED) is 0.612. The molecule has 1 amide bonds. The predicted molar refractivity (Wildman–Crippen MR) is 66.2 cm³/mol. The Kier molecular flexibility index (Phi) is 5.05. The van der Waals surface area contributed by atoms with Crippen molar-refractivity contribution in [1.29, 1.82) is 0 Å². The summed E-state index contributed by atoms with van der Waals surface area (Å²) in [6.45, 7) is 2.38. The number of carbonyl (C=O) groups is 3. The summed E-state index contributed by atoms with van der Waals surface area (Å²) in [5.74, 6) is -1.84. The number of ether oxygens (including phenoxy) is 1. The van der Waals surface area contributed by atoms with Gasteiger partial charge in [0.25, 0.3) is 0 Å². The number of phenolic OH excluding ortho intramolecular Hbond substituents is 1. The number of amides is 1. The van der Waals surface area contributed by atoms with Crippen LogP contribution in [0.25, 0.3) is 0 Å². The lowest BCUT2D eigenvalue weighted by molar-refractivity contribution is -0.160. The van der Waals surface area contributed by atoms with E-state index in [0.717, 1.165) is 12.5 Å². The molecule has 0 aliphatic heterocycles. The van der Waals surface area contributed by atoms with Gasteiger partial charge in [-0.15, -0.1) is 0 Å². The molecule has 19 heavy (non-hydrogen) atoms. The van der Waals surface area contributed by atoms with Crippen LogP contribution in [0.4, 0.5) is 0 Å². The Hall–Kier alpha value is -2.37. The smallest absolute Gasteiger partial charge is 0.336 e. The number of benzene rings is 1. The lowest BCUT2D eigenvalue weighted by Crippen LogP contribution is -2.42. The molecule has 0 spiro atoms. The number of esters is 2. The predicted octanol–water partition coefficient (Wildman–Crippen LogP) is 0.529. The van der Waals surface area contributed by atoms with Gasteiger partial charge in [-0.05, 0) is 17.7 Å². The number of phenols is 1. The van der Waals surface area contributed by atoms with Gasteiger partial charge >= 0.3 is 11.9 Å². The van der Waals surface area contributed by atoms with Gasteiger partial charge in [-0.1, -0.05) is 12.1 Å². The van der Waals surface area contributed by atoms with Crippen LogP contribution in [0, 0.1) is 0 Å². The molecule has 102 valence electrons. The molecule has 1 aromatic rings. The maximum atomic E-state index is 11.7. The van der Waals surface area contributed by atoms with E-state index >= 15 is 0 Å². The SMILES string of the molecule is CC(=O)N[C@@H](Cc1ccc(O)cc1)C(=O)OC(C)=O. The third-order valence-corrected chi connectivity index (χ3v) is 2.28. The fourth-order valence-electron chi connectivity index (χ4n) is 1.52. The molecule has 0 aromatic heterocycles. The van der Waals surface area contributed by atoms with Crippen LogP contribution in [-0.4, -0.2) is 29.0 Å². The van der Waals surface area contributed by atoms with Crippen LogP contribution in [0.5, 0.6) is 5.75 Å². The van der Waals surface area contributed by atoms with Crippen molar-refractivity contribution in [1.82, 2.24) is 5.32 Å². The van der Waals surface area contributed by atoms with E-state index < -0.39 is 23.9 Å². The lowest BCUT2D eigenvalue weighted by atomic mass is 10.1. The third kappa shape index (κ3) is 5.20. The fourth-order valence-corrected chi connectivity index (χ4v) is 1.52. The standard InChI is InChI=1S/C13H15NO5/c1-8(15)14-12(13(18)19-9(2)16)7-10-3-5-11(17)6-4-10/h3-6,12,17H,7H2,1-2H3,(H,14,15)/t12-/m0/s1. The molecule has 1 atom stereocenters. The second-order valence-corrected chi connectivity index (χ2v) is 4.04. The molecule has 0 saturated heterocycles. The first-order chi connectivity index (χ1) is 8.88. The molecule has 0 saturated carbocycles. The highest BCUT2D eigenvalue weighted by molar-refractivity contribution is 5.90. The molecule has 2 N–H and O–H groups in total. The molecule has 6 nitrogen and oxygen atoms in total. The Balaban J connectivity index is 2.79. The molecule has 0 fully saturated rings. The van der Waals surface area contributed by atoms with E-state index in [4.69, 9.17) is 5.11 Å². The minimum absolute atomic E-state index is 0.103. The molecule has 1 rings (SSSR count). The highest BCUT2D eigenvalue weighted by atomic mass is 16.6. The van der Waals surface area contributed by atoms with Crippen LogP contribution in [0.1, 0.15) is 19.4 Å². The first kappa shape index (κ1) is 14.7. The molecule has 0 bridgehead atoms. The van der Waals surface area contributed by atoms with E-state index in [0.29, 0.717) is 0 Å². The molecule has 1 aromatic carbocycles. The van der Waals surface area contributed by atoms with Crippen molar-refractivity contribution in [2.75, 3.05) is 0 Å². The first-order valence-electron chi connectivity index (χ1n) is 5.65. The summed E-state index contributed by atoms with van der Waals surface area (Å²) in [5.41, 5.74) is 0.719. The van der Waals surface area contributed by atoms with E-state index in [1.165, 1.54) is 19.1 Å². The minimum atomic E-state index is -0.939. The topological polar surface area (TPSA) is 92.7 Å². The number of rotatable bonds is 4. The molecular formula is C13H15NO5. The summed E-state index contributed by atoms with van der Waals surface area (Å²) in [6, 6.07) is 5.23. The highest BCUT2D eigenvalue weighted by Crippen LogP contribution is 2.12. The summed E-state index contributed by atoms with van der Waals surface area (Å²) in [4.78, 5) is 33.5. The number of carbonyl (C=O) groups excluding carboxylic acids is 3. The Morgan fingerprint density at radius 3 is 2.26 bits per heavy atom. The zero-order valence-corrected chi connectivity index (χ0v) is 10.7. The summed E-state index contributed by atoms with van der Waals surface area (Å²) >= 11 is 0. The summed E-state index contributed by atoms with van der Waals surface area (Å²) < 4.78 is 4.47. The highest BCUT2D eigenvalue weighted by Gasteiger charge is 2.22. The first-order valence-corrected chi connectivity index (χ1v) is 5.65. The average Bonchev–Trinajstić information content (AvgIpc) is 2.29. The van der Waals surface area contributed by atoms with E-state index in [9.17, 15) is 14.4 Å². The second-order valence-electron chi connectivity index (χ2n) is 4.04. The van der Waals surface area contributed by atoms with Crippen LogP contribution in [0.3, 0.4) is 0 Å². The van der Waals surface area contributed by atoms with Crippen molar-refractivity contribution in [2.24, 2.45) is 0 Å². The van der Waals surface area contributed by atoms with Crippen molar-refractivity contribution >= 4 is 17.8 Å². The summed E-state index contributed by atoms with van der Waals surface area (Å²) in [6.07, 6.45) is 0.173. The Labute approximate surface area is 110 Å². The summed E-state index contributed by atoms with van der Waals surface area (Å²) in [7, 11) is 0. The van der Waals surface area contributed by atoms with Gasteiger partial charge in [0.05, 0.1) is 0 Å². The molecular weight excluding hydrogens is 250 g/mol. The zero-order chi connectivity index (χ0) is 14.4. The molecule has 0 heterocycles. The van der Waals surface area contributed by atoms with Gasteiger partial charge in [-0.2, -0.15) is 0 Å². The van der Waals surface area contributed by atoms with Gasteiger partial charge < -0.3 is 15.2 Å². The van der Waals surface area contributed by atoms with Crippen molar-refractivity contribution < 1.29 is 24.2 Å². The number of aromatic hydroxyl groups is 1. The lowest BCUT2D eigenvalue weighted by Gasteiger charge is -2.15. The van der Waals surface area contributed by atoms with Crippen molar-refractivity contribution in [3.8, 4) is 5.75 Å². The van der Waals surface area contributed by atoms with E-state index in [1.54, 1.807) is 12.1 Å². The average molecular weight is 265 g/mol. The van der Waals surface area contributed by atoms with E-state index in [2.05, 4.69) is 10.1 Å². The van der Waals surface area contributed by atoms with Crippen molar-refractivity contribution in [2.45, 2.75) is 26.3 Å². The van der Waals surface area contributed by atoms with Gasteiger partial charge in [0, 0.05) is 20.3 Å². The Morgan fingerprint density at radius 1 is 1.21 bits per heavy atom. The van der Waals surface area contributed by atoms with Gasteiger partial charge in [0.2, 0.25) is 5.91 Å². The molecule has 0 unspecified atom stereocenters. The molecule has 6 heteroatoms. The van der Waals surface area contributed by atoms with Gasteiger partial charge in [-0.3, -0.25) is 9.59 Å². The fraction of sp³-hybridized carbons (Fsp3) is 0.308. The maximum absolute atomic E-state index is 11.7. The molecule has 0 aliphatic carbocycles. The van der Waals surface area contributed by atoms with E-state index in [-0.39, 0.29) is 12.2 Å². The zero-order valence-electron chi connectivity index (χ0n) is 10.7. The normalized spacial score (nSPS) is 11.5. The maximum Gasteiger partial charge on any atom is 0.336 e. The Bertz CT molecular complexity index is 480. The summed E-state index contributed by atoms with van der Waals surface area (Å²) in [5, 5.41) is 11.6. The van der Waals surface area contributed by atoms with Gasteiger partial charge in [0.15, 0.2) is 0 Å². The molecule has 0 aliphatic rings. The molecule has 0 radical (unpaired) electrons. The van der Waals surface area contributed by atoms with E-state index in [1.807, 2.05) is 0 Å². The minimum Gasteiger partial charge on any atom is -0.508 e. The number of nitrogens with one attached hydrogen (secondary N) is 1. The monoisotopic (exact) mass is 265 g/mol. The van der Waals surface area contributed by atoms with Gasteiger partial charge in [0.1, 0.15) is 11.8 Å². The number of hydrogen-bond donors (Lipinski definition) is 2. The van der Waals surface area contributed by atoms with Crippen LogP contribution in [-0.2, 0) is 25.5 Å². The second kappa shape index (κ2) is 6.53. The third-order valence-electron chi connectivity index (χ3n) is 2.28. The Morgan fingerprint density at radius 2 is 1.79 bits per heavy atom.